The first-order chi connectivity index (χ1) is 15.6. The van der Waals surface area contributed by atoms with Crippen LogP contribution in [0.3, 0.4) is 0 Å². The largest absolute Gasteiger partial charge is 0.493 e. The third kappa shape index (κ3) is 8.77. The monoisotopic (exact) mass is 570 g/mol. The first-order valence-electron chi connectivity index (χ1n) is 11.7. The number of ether oxygens (including phenoxy) is 2. The van der Waals surface area contributed by atoms with Gasteiger partial charge < -0.3 is 24.7 Å². The van der Waals surface area contributed by atoms with Crippen molar-refractivity contribution in [1.29, 1.82) is 0 Å². The summed E-state index contributed by atoms with van der Waals surface area (Å²) in [4.78, 5) is 4.91. The summed E-state index contributed by atoms with van der Waals surface area (Å²) in [6, 6.07) is 6.76. The Balaban J connectivity index is 0.00000385. The summed E-state index contributed by atoms with van der Waals surface area (Å²) in [7, 11) is 3.69. The summed E-state index contributed by atoms with van der Waals surface area (Å²) in [6.07, 6.45) is 7.09. The Hall–Kier alpha value is -1.88. The van der Waals surface area contributed by atoms with Crippen LogP contribution in [-0.2, 0) is 24.9 Å². The Kier molecular flexibility index (Phi) is 11.9. The number of hydrogen-bond donors (Lipinski definition) is 2. The molecule has 0 atom stereocenters. The van der Waals surface area contributed by atoms with Crippen LogP contribution in [0.1, 0.15) is 61.3 Å². The number of methoxy groups -OCH3 is 1. The van der Waals surface area contributed by atoms with E-state index in [0.29, 0.717) is 32.3 Å². The van der Waals surface area contributed by atoms with Crippen LogP contribution in [0.2, 0.25) is 0 Å². The normalized spacial score (nSPS) is 14.6. The molecule has 0 saturated heterocycles. The summed E-state index contributed by atoms with van der Waals surface area (Å²) < 4.78 is 13.2. The number of aryl methyl sites for hydroxylation is 2. The number of nitrogens with one attached hydrogen (secondary N) is 2. The van der Waals surface area contributed by atoms with Crippen LogP contribution in [0.25, 0.3) is 0 Å². The van der Waals surface area contributed by atoms with E-state index in [1.165, 1.54) is 37.7 Å². The number of rotatable bonds is 10. The Morgan fingerprint density at radius 2 is 1.94 bits per heavy atom. The highest BCUT2D eigenvalue weighted by Gasteiger charge is 2.16. The second kappa shape index (κ2) is 14.4. The third-order valence-corrected chi connectivity index (χ3v) is 5.92. The number of hydrogen-bond acceptors (Lipinski definition) is 5. The minimum Gasteiger partial charge on any atom is -0.493 e. The van der Waals surface area contributed by atoms with Crippen molar-refractivity contribution in [3.8, 4) is 5.75 Å². The Morgan fingerprint density at radius 3 is 2.64 bits per heavy atom. The van der Waals surface area contributed by atoms with Crippen molar-refractivity contribution in [2.45, 2.75) is 71.5 Å². The van der Waals surface area contributed by atoms with E-state index in [4.69, 9.17) is 14.5 Å². The lowest BCUT2D eigenvalue weighted by molar-refractivity contribution is 0.172. The Bertz CT molecular complexity index is 880. The average molecular weight is 571 g/mol. The molecule has 1 aliphatic carbocycles. The van der Waals surface area contributed by atoms with E-state index in [-0.39, 0.29) is 24.0 Å². The van der Waals surface area contributed by atoms with Gasteiger partial charge in [-0.1, -0.05) is 31.4 Å². The first-order valence-corrected chi connectivity index (χ1v) is 11.7. The van der Waals surface area contributed by atoms with Gasteiger partial charge in [-0.15, -0.1) is 34.2 Å². The van der Waals surface area contributed by atoms with Crippen molar-refractivity contribution < 1.29 is 9.47 Å². The fourth-order valence-corrected chi connectivity index (χ4v) is 3.84. The van der Waals surface area contributed by atoms with Gasteiger partial charge in [0.05, 0.1) is 19.7 Å². The number of halogens is 1. The zero-order valence-corrected chi connectivity index (χ0v) is 22.7. The van der Waals surface area contributed by atoms with Crippen molar-refractivity contribution >= 4 is 29.9 Å². The molecule has 0 aliphatic heterocycles. The predicted molar refractivity (Wildman–Crippen MR) is 142 cm³/mol. The number of benzene rings is 1. The lowest BCUT2D eigenvalue weighted by Gasteiger charge is -2.25. The predicted octanol–water partition coefficient (Wildman–Crippen LogP) is 4.03. The molecule has 3 rings (SSSR count). The maximum Gasteiger partial charge on any atom is 0.192 e. The highest BCUT2D eigenvalue weighted by Crippen LogP contribution is 2.22. The minimum absolute atomic E-state index is 0. The highest BCUT2D eigenvalue weighted by molar-refractivity contribution is 14.0. The molecule has 33 heavy (non-hydrogen) atoms. The number of aliphatic imine (C=N–C) groups is 1. The molecule has 2 N–H and O–H groups in total. The van der Waals surface area contributed by atoms with Gasteiger partial charge in [0.2, 0.25) is 0 Å². The number of guanidine groups is 1. The van der Waals surface area contributed by atoms with E-state index >= 15 is 0 Å². The smallest absolute Gasteiger partial charge is 0.192 e. The number of nitrogens with zero attached hydrogens (tertiary/aromatic N) is 4. The standard InChI is InChI=1S/C24H38N6O2.HI/c1-18-11-12-20(22(15-18)32-14-8-13-31-4)16-25-24(27-21-9-6-5-7-10-21)26-17-23-29-28-19(2)30(23)3;/h11-12,15,21H,5-10,13-14,16-17H2,1-4H3,(H2,25,26,27);1H. The van der Waals surface area contributed by atoms with E-state index in [1.807, 2.05) is 18.5 Å². The van der Waals surface area contributed by atoms with Crippen molar-refractivity contribution in [1.82, 2.24) is 25.4 Å². The molecule has 8 nitrogen and oxygen atoms in total. The zero-order chi connectivity index (χ0) is 22.8. The van der Waals surface area contributed by atoms with E-state index in [2.05, 4.69) is 46.0 Å². The van der Waals surface area contributed by atoms with E-state index < -0.39 is 0 Å². The van der Waals surface area contributed by atoms with E-state index in [1.54, 1.807) is 7.11 Å². The van der Waals surface area contributed by atoms with Crippen LogP contribution >= 0.6 is 24.0 Å². The lowest BCUT2D eigenvalue weighted by Crippen LogP contribution is -2.44. The Morgan fingerprint density at radius 1 is 1.15 bits per heavy atom. The molecule has 0 amide bonds. The first kappa shape index (κ1) is 27.4. The summed E-state index contributed by atoms with van der Waals surface area (Å²) in [5, 5.41) is 15.5. The van der Waals surface area contributed by atoms with Crippen molar-refractivity contribution in [3.63, 3.8) is 0 Å². The van der Waals surface area contributed by atoms with Crippen molar-refractivity contribution in [2.24, 2.45) is 12.0 Å². The molecule has 0 bridgehead atoms. The topological polar surface area (TPSA) is 85.6 Å². The quantitative estimate of drug-likeness (QED) is 0.194. The number of aromatic nitrogens is 3. The summed E-state index contributed by atoms with van der Waals surface area (Å²) >= 11 is 0. The molecule has 1 aromatic heterocycles. The molecule has 184 valence electrons. The molecular weight excluding hydrogens is 531 g/mol. The van der Waals surface area contributed by atoms with Gasteiger partial charge in [0.25, 0.3) is 0 Å². The van der Waals surface area contributed by atoms with Gasteiger partial charge >= 0.3 is 0 Å². The van der Waals surface area contributed by atoms with Gasteiger partial charge in [-0.25, -0.2) is 4.99 Å². The maximum atomic E-state index is 6.04. The van der Waals surface area contributed by atoms with Gasteiger partial charge in [-0.3, -0.25) is 0 Å². The molecule has 1 saturated carbocycles. The maximum absolute atomic E-state index is 6.04. The van der Waals surface area contributed by atoms with Crippen LogP contribution < -0.4 is 15.4 Å². The molecule has 1 heterocycles. The van der Waals surface area contributed by atoms with Gasteiger partial charge in [0.15, 0.2) is 11.8 Å². The van der Waals surface area contributed by atoms with Crippen LogP contribution in [0, 0.1) is 13.8 Å². The zero-order valence-electron chi connectivity index (χ0n) is 20.4. The van der Waals surface area contributed by atoms with E-state index in [9.17, 15) is 0 Å². The van der Waals surface area contributed by atoms with Crippen molar-refractivity contribution in [3.05, 3.63) is 41.0 Å². The molecule has 1 fully saturated rings. The van der Waals surface area contributed by atoms with Crippen LogP contribution in [0.5, 0.6) is 5.75 Å². The molecule has 1 aliphatic rings. The molecule has 0 spiro atoms. The average Bonchev–Trinajstić information content (AvgIpc) is 3.12. The molecular formula is C24H39IN6O2. The summed E-state index contributed by atoms with van der Waals surface area (Å²) in [5.74, 6) is 3.49. The lowest BCUT2D eigenvalue weighted by atomic mass is 9.96. The minimum atomic E-state index is 0. The van der Waals surface area contributed by atoms with Gasteiger partial charge in [-0.2, -0.15) is 0 Å². The van der Waals surface area contributed by atoms with Gasteiger partial charge in [0, 0.05) is 38.8 Å². The van der Waals surface area contributed by atoms with Gasteiger partial charge in [0.1, 0.15) is 11.6 Å². The van der Waals surface area contributed by atoms with Crippen LogP contribution in [-0.4, -0.2) is 47.1 Å². The Labute approximate surface area is 215 Å². The van der Waals surface area contributed by atoms with Crippen molar-refractivity contribution in [2.75, 3.05) is 20.3 Å². The molecule has 9 heteroatoms. The van der Waals surface area contributed by atoms with Gasteiger partial charge in [-0.05, 0) is 38.3 Å². The van der Waals surface area contributed by atoms with Crippen LogP contribution in [0.4, 0.5) is 0 Å². The summed E-state index contributed by atoms with van der Waals surface area (Å²) in [5.41, 5.74) is 2.25. The van der Waals surface area contributed by atoms with Crippen LogP contribution in [0.15, 0.2) is 23.2 Å². The van der Waals surface area contributed by atoms with E-state index in [0.717, 1.165) is 35.3 Å². The fourth-order valence-electron chi connectivity index (χ4n) is 3.84. The second-order valence-corrected chi connectivity index (χ2v) is 8.53. The molecule has 1 aromatic carbocycles. The molecule has 0 unspecified atom stereocenters. The fraction of sp³-hybridized carbons (Fsp3) is 0.625. The summed E-state index contributed by atoms with van der Waals surface area (Å²) in [6.45, 7) is 6.47. The highest BCUT2D eigenvalue weighted by atomic mass is 127. The SMILES string of the molecule is COCCCOc1cc(C)ccc1CN=C(NCc1nnc(C)n1C)NC1CCCCC1.I. The third-order valence-electron chi connectivity index (χ3n) is 5.92. The molecule has 0 radical (unpaired) electrons. The molecule has 2 aromatic rings. The second-order valence-electron chi connectivity index (χ2n) is 8.53.